The summed E-state index contributed by atoms with van der Waals surface area (Å²) in [6, 6.07) is 6.52. The van der Waals surface area contributed by atoms with E-state index >= 15 is 0 Å². The minimum absolute atomic E-state index is 0. The van der Waals surface area contributed by atoms with Crippen LogP contribution in [0.5, 0.6) is 0 Å². The third-order valence-corrected chi connectivity index (χ3v) is 3.63. The molecule has 1 atom stereocenters. The predicted molar refractivity (Wildman–Crippen MR) is 112 cm³/mol. The molecule has 1 unspecified atom stereocenters. The van der Waals surface area contributed by atoms with Gasteiger partial charge in [0.25, 0.3) is 0 Å². The van der Waals surface area contributed by atoms with E-state index in [9.17, 15) is 4.39 Å². The van der Waals surface area contributed by atoms with Crippen molar-refractivity contribution < 1.29 is 13.7 Å². The standard InChI is InChI=1S/C18H26FN5O2.HI/c1-5-20-18(24(4)12-14-8-7-9-15(19)10-14)21-11-16-22-17(23-26-16)13(3)25-6-2;/h7-10,13H,5-6,11-12H2,1-4H3,(H,20,21);1H. The fraction of sp³-hybridized carbons (Fsp3) is 0.500. The number of ether oxygens (including phenoxy) is 1. The quantitative estimate of drug-likeness (QED) is 0.346. The van der Waals surface area contributed by atoms with E-state index in [-0.39, 0.29) is 42.4 Å². The molecule has 27 heavy (non-hydrogen) atoms. The first-order valence-corrected chi connectivity index (χ1v) is 8.71. The van der Waals surface area contributed by atoms with Gasteiger partial charge in [-0.05, 0) is 38.5 Å². The largest absolute Gasteiger partial charge is 0.371 e. The van der Waals surface area contributed by atoms with Crippen LogP contribution >= 0.6 is 24.0 Å². The van der Waals surface area contributed by atoms with Crippen molar-refractivity contribution in [1.82, 2.24) is 20.4 Å². The van der Waals surface area contributed by atoms with Gasteiger partial charge in [0.1, 0.15) is 18.5 Å². The summed E-state index contributed by atoms with van der Waals surface area (Å²) in [5.41, 5.74) is 0.865. The Morgan fingerprint density at radius 1 is 1.41 bits per heavy atom. The van der Waals surface area contributed by atoms with E-state index in [0.29, 0.717) is 37.4 Å². The second kappa shape index (κ2) is 11.9. The van der Waals surface area contributed by atoms with Gasteiger partial charge in [0.15, 0.2) is 11.8 Å². The monoisotopic (exact) mass is 491 g/mol. The second-order valence-electron chi connectivity index (χ2n) is 5.80. The molecule has 1 heterocycles. The van der Waals surface area contributed by atoms with Crippen LogP contribution in [0.2, 0.25) is 0 Å². The Hall–Kier alpha value is -1.75. The molecule has 0 fully saturated rings. The Balaban J connectivity index is 0.00000364. The molecule has 0 aliphatic rings. The van der Waals surface area contributed by atoms with Gasteiger partial charge in [0.05, 0.1) is 0 Å². The topological polar surface area (TPSA) is 75.8 Å². The molecule has 1 aromatic heterocycles. The lowest BCUT2D eigenvalue weighted by molar-refractivity contribution is 0.0683. The van der Waals surface area contributed by atoms with Crippen molar-refractivity contribution in [2.45, 2.75) is 40.0 Å². The maximum Gasteiger partial charge on any atom is 0.248 e. The zero-order valence-electron chi connectivity index (χ0n) is 16.1. The highest BCUT2D eigenvalue weighted by atomic mass is 127. The lowest BCUT2D eigenvalue weighted by atomic mass is 10.2. The van der Waals surface area contributed by atoms with Crippen LogP contribution in [-0.2, 0) is 17.8 Å². The lowest BCUT2D eigenvalue weighted by Crippen LogP contribution is -2.38. The van der Waals surface area contributed by atoms with E-state index in [2.05, 4.69) is 20.4 Å². The van der Waals surface area contributed by atoms with Crippen LogP contribution < -0.4 is 5.32 Å². The summed E-state index contributed by atoms with van der Waals surface area (Å²) in [4.78, 5) is 10.7. The molecular weight excluding hydrogens is 464 g/mol. The third kappa shape index (κ3) is 7.41. The summed E-state index contributed by atoms with van der Waals surface area (Å²) in [6.45, 7) is 7.85. The number of aromatic nitrogens is 2. The van der Waals surface area contributed by atoms with Gasteiger partial charge in [-0.15, -0.1) is 24.0 Å². The highest BCUT2D eigenvalue weighted by Gasteiger charge is 2.14. The van der Waals surface area contributed by atoms with E-state index in [1.807, 2.05) is 38.8 Å². The van der Waals surface area contributed by atoms with Gasteiger partial charge in [-0.1, -0.05) is 17.3 Å². The fourth-order valence-electron chi connectivity index (χ4n) is 2.42. The van der Waals surface area contributed by atoms with Crippen molar-refractivity contribution in [3.63, 3.8) is 0 Å². The molecule has 2 aromatic rings. The molecule has 0 spiro atoms. The van der Waals surface area contributed by atoms with Gasteiger partial charge in [-0.25, -0.2) is 9.38 Å². The van der Waals surface area contributed by atoms with Crippen molar-refractivity contribution in [3.05, 3.63) is 47.4 Å². The molecule has 7 nitrogen and oxygen atoms in total. The first-order chi connectivity index (χ1) is 12.5. The summed E-state index contributed by atoms with van der Waals surface area (Å²) in [5, 5.41) is 7.13. The van der Waals surface area contributed by atoms with Gasteiger partial charge >= 0.3 is 0 Å². The molecule has 0 saturated heterocycles. The SMILES string of the molecule is CCNC(=NCc1nc(C(C)OCC)no1)N(C)Cc1cccc(F)c1.I. The van der Waals surface area contributed by atoms with Crippen LogP contribution in [0.25, 0.3) is 0 Å². The Bertz CT molecular complexity index is 725. The van der Waals surface area contributed by atoms with Crippen LogP contribution in [0.3, 0.4) is 0 Å². The van der Waals surface area contributed by atoms with Gasteiger partial charge in [-0.3, -0.25) is 0 Å². The normalized spacial score (nSPS) is 12.4. The Morgan fingerprint density at radius 2 is 2.19 bits per heavy atom. The fourth-order valence-corrected chi connectivity index (χ4v) is 2.42. The minimum atomic E-state index is -0.250. The van der Waals surface area contributed by atoms with E-state index in [0.717, 1.165) is 5.56 Å². The average molecular weight is 491 g/mol. The molecule has 0 aliphatic heterocycles. The maximum atomic E-state index is 13.4. The summed E-state index contributed by atoms with van der Waals surface area (Å²) in [7, 11) is 1.89. The molecule has 1 N–H and O–H groups in total. The Morgan fingerprint density at radius 3 is 2.85 bits per heavy atom. The summed E-state index contributed by atoms with van der Waals surface area (Å²) in [5.74, 6) is 1.35. The average Bonchev–Trinajstić information content (AvgIpc) is 3.08. The summed E-state index contributed by atoms with van der Waals surface area (Å²) < 4.78 is 24.0. The van der Waals surface area contributed by atoms with Gasteiger partial charge in [-0.2, -0.15) is 4.98 Å². The molecule has 1 aromatic carbocycles. The smallest absolute Gasteiger partial charge is 0.248 e. The zero-order valence-corrected chi connectivity index (χ0v) is 18.4. The summed E-state index contributed by atoms with van der Waals surface area (Å²) >= 11 is 0. The van der Waals surface area contributed by atoms with E-state index in [1.54, 1.807) is 6.07 Å². The number of rotatable bonds is 8. The Kier molecular flexibility index (Phi) is 10.2. The molecule has 0 aliphatic carbocycles. The first-order valence-electron chi connectivity index (χ1n) is 8.71. The van der Waals surface area contributed by atoms with Gasteiger partial charge < -0.3 is 19.5 Å². The predicted octanol–water partition coefficient (Wildman–Crippen LogP) is 3.52. The highest BCUT2D eigenvalue weighted by Crippen LogP contribution is 2.13. The number of hydrogen-bond acceptors (Lipinski definition) is 5. The van der Waals surface area contributed by atoms with Crippen LogP contribution in [0.1, 0.15) is 44.2 Å². The van der Waals surface area contributed by atoms with Crippen molar-refractivity contribution in [1.29, 1.82) is 0 Å². The number of hydrogen-bond donors (Lipinski definition) is 1. The third-order valence-electron chi connectivity index (χ3n) is 3.63. The molecule has 0 bridgehead atoms. The molecule has 0 saturated carbocycles. The number of aliphatic imine (C=N–C) groups is 1. The van der Waals surface area contributed by atoms with E-state index < -0.39 is 0 Å². The van der Waals surface area contributed by atoms with Crippen LogP contribution in [0.15, 0.2) is 33.8 Å². The second-order valence-corrected chi connectivity index (χ2v) is 5.80. The number of halogens is 2. The highest BCUT2D eigenvalue weighted by molar-refractivity contribution is 14.0. The van der Waals surface area contributed by atoms with Crippen LogP contribution in [-0.4, -0.2) is 41.2 Å². The van der Waals surface area contributed by atoms with Crippen LogP contribution in [0.4, 0.5) is 4.39 Å². The maximum absolute atomic E-state index is 13.4. The summed E-state index contributed by atoms with van der Waals surface area (Å²) in [6.07, 6.45) is -0.217. The van der Waals surface area contributed by atoms with Crippen molar-refractivity contribution in [3.8, 4) is 0 Å². The number of guanidine groups is 1. The number of nitrogens with zero attached hydrogens (tertiary/aromatic N) is 4. The molecule has 150 valence electrons. The van der Waals surface area contributed by atoms with Crippen LogP contribution in [0, 0.1) is 5.82 Å². The number of nitrogens with one attached hydrogen (secondary N) is 1. The lowest BCUT2D eigenvalue weighted by Gasteiger charge is -2.22. The van der Waals surface area contributed by atoms with E-state index in [1.165, 1.54) is 12.1 Å². The van der Waals surface area contributed by atoms with Gasteiger partial charge in [0.2, 0.25) is 5.89 Å². The van der Waals surface area contributed by atoms with Crippen molar-refractivity contribution >= 4 is 29.9 Å². The molecule has 0 amide bonds. The van der Waals surface area contributed by atoms with E-state index in [4.69, 9.17) is 9.26 Å². The van der Waals surface area contributed by atoms with Gasteiger partial charge in [0, 0.05) is 26.7 Å². The zero-order chi connectivity index (χ0) is 18.9. The first kappa shape index (κ1) is 23.3. The molecular formula is C18H27FIN5O2. The minimum Gasteiger partial charge on any atom is -0.371 e. The molecule has 9 heteroatoms. The van der Waals surface area contributed by atoms with Crippen molar-refractivity contribution in [2.24, 2.45) is 4.99 Å². The van der Waals surface area contributed by atoms with Crippen molar-refractivity contribution in [2.75, 3.05) is 20.2 Å². The Labute approximate surface area is 176 Å². The number of benzene rings is 1. The molecule has 2 rings (SSSR count). The molecule has 0 radical (unpaired) electrons.